The first-order valence-corrected chi connectivity index (χ1v) is 4.92. The monoisotopic (exact) mass is 188 g/mol. The lowest BCUT2D eigenvalue weighted by Gasteiger charge is -2.12. The van der Waals surface area contributed by atoms with Crippen molar-refractivity contribution in [1.82, 2.24) is 0 Å². The van der Waals surface area contributed by atoms with Crippen LogP contribution in [0.1, 0.15) is 31.7 Å². The van der Waals surface area contributed by atoms with E-state index < -0.39 is 0 Å². The van der Waals surface area contributed by atoms with E-state index in [0.29, 0.717) is 5.92 Å². The SMILES string of the molecule is CCC(C)c1ccc(N(C)C#N)cc1. The van der Waals surface area contributed by atoms with Crippen molar-refractivity contribution in [3.63, 3.8) is 0 Å². The smallest absolute Gasteiger partial charge is 0.183 e. The number of hydrogen-bond acceptors (Lipinski definition) is 2. The van der Waals surface area contributed by atoms with Crippen LogP contribution in [0.3, 0.4) is 0 Å². The van der Waals surface area contributed by atoms with Gasteiger partial charge in [-0.3, -0.25) is 4.90 Å². The highest BCUT2D eigenvalue weighted by atomic mass is 15.1. The van der Waals surface area contributed by atoms with E-state index in [1.165, 1.54) is 5.56 Å². The fourth-order valence-electron chi connectivity index (χ4n) is 1.32. The van der Waals surface area contributed by atoms with Crippen molar-refractivity contribution in [2.24, 2.45) is 0 Å². The maximum absolute atomic E-state index is 8.69. The second kappa shape index (κ2) is 4.66. The van der Waals surface area contributed by atoms with Gasteiger partial charge in [-0.05, 0) is 30.0 Å². The van der Waals surface area contributed by atoms with Crippen molar-refractivity contribution in [3.8, 4) is 6.19 Å². The van der Waals surface area contributed by atoms with Crippen LogP contribution in [0.15, 0.2) is 24.3 Å². The van der Waals surface area contributed by atoms with E-state index >= 15 is 0 Å². The van der Waals surface area contributed by atoms with Gasteiger partial charge in [0.25, 0.3) is 0 Å². The van der Waals surface area contributed by atoms with Gasteiger partial charge < -0.3 is 0 Å². The zero-order chi connectivity index (χ0) is 10.6. The lowest BCUT2D eigenvalue weighted by atomic mass is 9.98. The molecule has 0 amide bonds. The maximum atomic E-state index is 8.69. The molecule has 0 radical (unpaired) electrons. The van der Waals surface area contributed by atoms with Crippen LogP contribution in [0.25, 0.3) is 0 Å². The Bertz CT molecular complexity index is 321. The fraction of sp³-hybridized carbons (Fsp3) is 0.417. The van der Waals surface area contributed by atoms with Crippen molar-refractivity contribution in [3.05, 3.63) is 29.8 Å². The lowest BCUT2D eigenvalue weighted by Crippen LogP contribution is -2.07. The summed E-state index contributed by atoms with van der Waals surface area (Å²) in [5.74, 6) is 0.594. The fourth-order valence-corrected chi connectivity index (χ4v) is 1.32. The summed E-state index contributed by atoms with van der Waals surface area (Å²) in [5, 5.41) is 8.69. The highest BCUT2D eigenvalue weighted by Gasteiger charge is 2.03. The van der Waals surface area contributed by atoms with Gasteiger partial charge in [0.05, 0.1) is 5.69 Å². The van der Waals surface area contributed by atoms with Crippen LogP contribution < -0.4 is 4.90 Å². The van der Waals surface area contributed by atoms with Gasteiger partial charge in [-0.2, -0.15) is 5.26 Å². The second-order valence-corrected chi connectivity index (χ2v) is 3.56. The predicted octanol–water partition coefficient (Wildman–Crippen LogP) is 3.12. The van der Waals surface area contributed by atoms with Crippen LogP contribution in [0, 0.1) is 11.5 Å². The summed E-state index contributed by atoms with van der Waals surface area (Å²) in [6.07, 6.45) is 3.22. The predicted molar refractivity (Wildman–Crippen MR) is 59.2 cm³/mol. The van der Waals surface area contributed by atoms with Crippen LogP contribution in [-0.4, -0.2) is 7.05 Å². The minimum absolute atomic E-state index is 0.594. The highest BCUT2D eigenvalue weighted by Crippen LogP contribution is 2.21. The highest BCUT2D eigenvalue weighted by molar-refractivity contribution is 5.50. The van der Waals surface area contributed by atoms with Crippen molar-refractivity contribution in [2.75, 3.05) is 11.9 Å². The molecule has 0 aliphatic heterocycles. The third kappa shape index (κ3) is 2.26. The number of nitrogens with zero attached hydrogens (tertiary/aromatic N) is 2. The standard InChI is InChI=1S/C12H16N2/c1-4-10(2)11-5-7-12(8-6-11)14(3)9-13/h5-8,10H,4H2,1-3H3. The molecule has 1 rings (SSSR count). The summed E-state index contributed by atoms with van der Waals surface area (Å²) < 4.78 is 0. The van der Waals surface area contributed by atoms with E-state index in [2.05, 4.69) is 32.2 Å². The molecule has 2 heteroatoms. The average molecular weight is 188 g/mol. The molecule has 0 fully saturated rings. The molecule has 0 saturated heterocycles. The van der Waals surface area contributed by atoms with Gasteiger partial charge >= 0.3 is 0 Å². The minimum atomic E-state index is 0.594. The molecule has 2 nitrogen and oxygen atoms in total. The van der Waals surface area contributed by atoms with Gasteiger partial charge in [-0.1, -0.05) is 26.0 Å². The molecular weight excluding hydrogens is 172 g/mol. The van der Waals surface area contributed by atoms with E-state index in [9.17, 15) is 0 Å². The Kier molecular flexibility index (Phi) is 3.53. The van der Waals surface area contributed by atoms with Crippen molar-refractivity contribution >= 4 is 5.69 Å². The van der Waals surface area contributed by atoms with E-state index in [0.717, 1.165) is 12.1 Å². The van der Waals surface area contributed by atoms with E-state index in [1.54, 1.807) is 11.9 Å². The van der Waals surface area contributed by atoms with Gasteiger partial charge in [-0.25, -0.2) is 0 Å². The molecule has 1 aromatic rings. The Morgan fingerprint density at radius 3 is 2.36 bits per heavy atom. The topological polar surface area (TPSA) is 27.0 Å². The Balaban J connectivity index is 2.84. The summed E-state index contributed by atoms with van der Waals surface area (Å²) in [6, 6.07) is 8.17. The molecule has 1 unspecified atom stereocenters. The Morgan fingerprint density at radius 2 is 1.93 bits per heavy atom. The molecule has 14 heavy (non-hydrogen) atoms. The third-order valence-electron chi connectivity index (χ3n) is 2.61. The van der Waals surface area contributed by atoms with Gasteiger partial charge in [-0.15, -0.1) is 0 Å². The number of nitriles is 1. The zero-order valence-corrected chi connectivity index (χ0v) is 8.99. The summed E-state index contributed by atoms with van der Waals surface area (Å²) in [5.41, 5.74) is 2.28. The summed E-state index contributed by atoms with van der Waals surface area (Å²) in [4.78, 5) is 1.56. The van der Waals surface area contributed by atoms with E-state index in [-0.39, 0.29) is 0 Å². The Hall–Kier alpha value is -1.49. The lowest BCUT2D eigenvalue weighted by molar-refractivity contribution is 0.733. The molecule has 0 aromatic heterocycles. The number of benzene rings is 1. The number of rotatable bonds is 3. The molecule has 1 aromatic carbocycles. The van der Waals surface area contributed by atoms with Crippen molar-refractivity contribution in [2.45, 2.75) is 26.2 Å². The van der Waals surface area contributed by atoms with Crippen LogP contribution >= 0.6 is 0 Å². The molecule has 0 saturated carbocycles. The van der Waals surface area contributed by atoms with Crippen LogP contribution in [0.2, 0.25) is 0 Å². The van der Waals surface area contributed by atoms with Gasteiger partial charge in [0, 0.05) is 7.05 Å². The molecular formula is C12H16N2. The quantitative estimate of drug-likeness (QED) is 0.538. The summed E-state index contributed by atoms with van der Waals surface area (Å²) in [6.45, 7) is 4.39. The summed E-state index contributed by atoms with van der Waals surface area (Å²) >= 11 is 0. The molecule has 0 heterocycles. The van der Waals surface area contributed by atoms with Crippen molar-refractivity contribution in [1.29, 1.82) is 5.26 Å². The number of anilines is 1. The molecule has 0 bridgehead atoms. The maximum Gasteiger partial charge on any atom is 0.183 e. The Morgan fingerprint density at radius 1 is 1.36 bits per heavy atom. The van der Waals surface area contributed by atoms with E-state index in [1.807, 2.05) is 12.1 Å². The third-order valence-corrected chi connectivity index (χ3v) is 2.61. The van der Waals surface area contributed by atoms with Gasteiger partial charge in [0.15, 0.2) is 6.19 Å². The van der Waals surface area contributed by atoms with Crippen LogP contribution in [-0.2, 0) is 0 Å². The van der Waals surface area contributed by atoms with Crippen molar-refractivity contribution < 1.29 is 0 Å². The molecule has 74 valence electrons. The number of hydrogen-bond donors (Lipinski definition) is 0. The largest absolute Gasteiger partial charge is 0.283 e. The summed E-state index contributed by atoms with van der Waals surface area (Å²) in [7, 11) is 1.76. The molecule has 1 atom stereocenters. The molecule has 0 aliphatic rings. The Labute approximate surface area is 85.8 Å². The van der Waals surface area contributed by atoms with Crippen LogP contribution in [0.4, 0.5) is 5.69 Å². The first kappa shape index (κ1) is 10.6. The molecule has 0 spiro atoms. The first-order chi connectivity index (χ1) is 6.69. The normalized spacial score (nSPS) is 11.9. The van der Waals surface area contributed by atoms with E-state index in [4.69, 9.17) is 5.26 Å². The zero-order valence-electron chi connectivity index (χ0n) is 8.99. The van der Waals surface area contributed by atoms with Gasteiger partial charge in [0.2, 0.25) is 0 Å². The first-order valence-electron chi connectivity index (χ1n) is 4.92. The second-order valence-electron chi connectivity index (χ2n) is 3.56. The van der Waals surface area contributed by atoms with Gasteiger partial charge in [0.1, 0.15) is 0 Å². The minimum Gasteiger partial charge on any atom is -0.283 e. The molecule has 0 N–H and O–H groups in total. The van der Waals surface area contributed by atoms with Crippen LogP contribution in [0.5, 0.6) is 0 Å². The average Bonchev–Trinajstić information content (AvgIpc) is 2.27. The molecule has 0 aliphatic carbocycles.